The van der Waals surface area contributed by atoms with Crippen LogP contribution in [0.1, 0.15) is 24.0 Å². The summed E-state index contributed by atoms with van der Waals surface area (Å²) in [4.78, 5) is 0. The van der Waals surface area contributed by atoms with E-state index in [0.29, 0.717) is 6.42 Å². The number of hydrogen-bond acceptors (Lipinski definition) is 1. The van der Waals surface area contributed by atoms with Crippen LogP contribution in [0.3, 0.4) is 0 Å². The fourth-order valence-corrected chi connectivity index (χ4v) is 2.08. The van der Waals surface area contributed by atoms with Gasteiger partial charge in [-0.2, -0.15) is 0 Å². The summed E-state index contributed by atoms with van der Waals surface area (Å²) in [5.41, 5.74) is 6.14. The highest BCUT2D eigenvalue weighted by Crippen LogP contribution is 2.37. The van der Waals surface area contributed by atoms with Crippen molar-refractivity contribution in [1.82, 2.24) is 0 Å². The third-order valence-electron chi connectivity index (χ3n) is 2.84. The Labute approximate surface area is 77.8 Å². The summed E-state index contributed by atoms with van der Waals surface area (Å²) in [7, 11) is 0. The first-order valence-electron chi connectivity index (χ1n) is 4.74. The van der Waals surface area contributed by atoms with E-state index in [2.05, 4.69) is 0 Å². The predicted octanol–water partition coefficient (Wildman–Crippen LogP) is 2.15. The van der Waals surface area contributed by atoms with Crippen molar-refractivity contribution in [1.29, 1.82) is 0 Å². The molecule has 0 radical (unpaired) electrons. The number of benzene rings is 1. The molecule has 1 aromatic carbocycles. The Morgan fingerprint density at radius 1 is 1.38 bits per heavy atom. The minimum atomic E-state index is -1.27. The molecule has 13 heavy (non-hydrogen) atoms. The predicted molar refractivity (Wildman–Crippen MR) is 51.2 cm³/mol. The Hall–Kier alpha value is -0.890. The molecular weight excluding hydrogens is 165 g/mol. The van der Waals surface area contributed by atoms with Crippen LogP contribution in [0, 0.1) is 0 Å². The zero-order chi connectivity index (χ0) is 9.31. The molecule has 1 aromatic rings. The van der Waals surface area contributed by atoms with E-state index in [1.165, 1.54) is 0 Å². The number of aryl methyl sites for hydroxylation is 1. The van der Waals surface area contributed by atoms with Gasteiger partial charge < -0.3 is 5.73 Å². The maximum absolute atomic E-state index is 14.2. The van der Waals surface area contributed by atoms with Gasteiger partial charge in [-0.05, 0) is 30.4 Å². The molecule has 2 heteroatoms. The monoisotopic (exact) mass is 179 g/mol. The first-order valence-corrected chi connectivity index (χ1v) is 4.74. The second-order valence-electron chi connectivity index (χ2n) is 3.68. The Morgan fingerprint density at radius 3 is 2.92 bits per heavy atom. The molecule has 0 heterocycles. The molecule has 0 bridgehead atoms. The quantitative estimate of drug-likeness (QED) is 0.702. The highest BCUT2D eigenvalue weighted by atomic mass is 19.1. The second-order valence-corrected chi connectivity index (χ2v) is 3.68. The normalized spacial score (nSPS) is 26.9. The minimum absolute atomic E-state index is 0.101. The number of fused-ring (bicyclic) bond motifs is 1. The zero-order valence-electron chi connectivity index (χ0n) is 7.59. The highest BCUT2D eigenvalue weighted by Gasteiger charge is 2.34. The molecule has 0 saturated heterocycles. The molecule has 1 aliphatic rings. The van der Waals surface area contributed by atoms with E-state index in [1.807, 2.05) is 24.3 Å². The smallest absolute Gasteiger partial charge is 0.148 e. The summed E-state index contributed by atoms with van der Waals surface area (Å²) in [5, 5.41) is 0. The van der Waals surface area contributed by atoms with E-state index in [4.69, 9.17) is 5.73 Å². The van der Waals surface area contributed by atoms with Crippen molar-refractivity contribution in [3.63, 3.8) is 0 Å². The summed E-state index contributed by atoms with van der Waals surface area (Å²) in [5.74, 6) is 0. The van der Waals surface area contributed by atoms with Crippen molar-refractivity contribution in [2.45, 2.75) is 24.9 Å². The van der Waals surface area contributed by atoms with Gasteiger partial charge in [0.25, 0.3) is 0 Å². The van der Waals surface area contributed by atoms with Crippen LogP contribution in [0.15, 0.2) is 24.3 Å². The number of nitrogens with two attached hydrogens (primary N) is 1. The number of halogens is 1. The van der Waals surface area contributed by atoms with Crippen LogP contribution in [-0.4, -0.2) is 6.54 Å². The molecule has 1 aliphatic carbocycles. The maximum atomic E-state index is 14.2. The Morgan fingerprint density at radius 2 is 2.15 bits per heavy atom. The Balaban J connectivity index is 2.48. The van der Waals surface area contributed by atoms with E-state index in [-0.39, 0.29) is 6.54 Å². The third kappa shape index (κ3) is 1.35. The largest absolute Gasteiger partial charge is 0.327 e. The van der Waals surface area contributed by atoms with E-state index >= 15 is 0 Å². The van der Waals surface area contributed by atoms with Gasteiger partial charge in [0.15, 0.2) is 0 Å². The summed E-state index contributed by atoms with van der Waals surface area (Å²) in [6.45, 7) is 0.101. The van der Waals surface area contributed by atoms with Crippen LogP contribution < -0.4 is 5.73 Å². The van der Waals surface area contributed by atoms with Gasteiger partial charge in [-0.15, -0.1) is 0 Å². The molecule has 1 atom stereocenters. The van der Waals surface area contributed by atoms with Gasteiger partial charge in [-0.3, -0.25) is 0 Å². The van der Waals surface area contributed by atoms with Crippen molar-refractivity contribution < 1.29 is 4.39 Å². The first-order chi connectivity index (χ1) is 6.26. The van der Waals surface area contributed by atoms with Crippen LogP contribution in [0.2, 0.25) is 0 Å². The topological polar surface area (TPSA) is 26.0 Å². The second kappa shape index (κ2) is 3.11. The van der Waals surface area contributed by atoms with E-state index in [0.717, 1.165) is 24.0 Å². The standard InChI is InChI=1S/C11H14FN/c12-11(8-13)7-3-5-9-4-1-2-6-10(9)11/h1-2,4,6H,3,5,7-8,13H2. The van der Waals surface area contributed by atoms with Crippen LogP contribution in [0.4, 0.5) is 4.39 Å². The average Bonchev–Trinajstić information content (AvgIpc) is 2.19. The van der Waals surface area contributed by atoms with Gasteiger partial charge in [0.1, 0.15) is 5.67 Å². The lowest BCUT2D eigenvalue weighted by Gasteiger charge is -2.30. The molecule has 0 aliphatic heterocycles. The van der Waals surface area contributed by atoms with Crippen molar-refractivity contribution >= 4 is 0 Å². The van der Waals surface area contributed by atoms with Crippen molar-refractivity contribution in [2.24, 2.45) is 5.73 Å². The van der Waals surface area contributed by atoms with Gasteiger partial charge in [-0.1, -0.05) is 24.3 Å². The van der Waals surface area contributed by atoms with Crippen molar-refractivity contribution in [3.8, 4) is 0 Å². The number of hydrogen-bond donors (Lipinski definition) is 1. The van der Waals surface area contributed by atoms with Gasteiger partial charge >= 0.3 is 0 Å². The molecule has 0 fully saturated rings. The van der Waals surface area contributed by atoms with Crippen LogP contribution >= 0.6 is 0 Å². The lowest BCUT2D eigenvalue weighted by molar-refractivity contribution is 0.147. The number of alkyl halides is 1. The summed E-state index contributed by atoms with van der Waals surface area (Å²) >= 11 is 0. The SMILES string of the molecule is NCC1(F)CCCc2ccccc21. The molecule has 70 valence electrons. The Bertz CT molecular complexity index is 311. The average molecular weight is 179 g/mol. The van der Waals surface area contributed by atoms with E-state index in [9.17, 15) is 4.39 Å². The maximum Gasteiger partial charge on any atom is 0.148 e. The van der Waals surface area contributed by atoms with Crippen LogP contribution in [0.5, 0.6) is 0 Å². The van der Waals surface area contributed by atoms with E-state index < -0.39 is 5.67 Å². The van der Waals surface area contributed by atoms with E-state index in [1.54, 1.807) is 0 Å². The van der Waals surface area contributed by atoms with Crippen LogP contribution in [0.25, 0.3) is 0 Å². The Kier molecular flexibility index (Phi) is 2.08. The lowest BCUT2D eigenvalue weighted by Crippen LogP contribution is -2.34. The zero-order valence-corrected chi connectivity index (χ0v) is 7.59. The molecule has 0 saturated carbocycles. The molecule has 2 rings (SSSR count). The molecular formula is C11H14FN. The van der Waals surface area contributed by atoms with Crippen LogP contribution in [-0.2, 0) is 12.1 Å². The fourth-order valence-electron chi connectivity index (χ4n) is 2.08. The van der Waals surface area contributed by atoms with Gasteiger partial charge in [0, 0.05) is 6.54 Å². The molecule has 1 nitrogen and oxygen atoms in total. The fraction of sp³-hybridized carbons (Fsp3) is 0.455. The third-order valence-corrected chi connectivity index (χ3v) is 2.84. The van der Waals surface area contributed by atoms with Crippen molar-refractivity contribution in [2.75, 3.05) is 6.54 Å². The molecule has 0 spiro atoms. The first kappa shape index (κ1) is 8.70. The summed E-state index contributed by atoms with van der Waals surface area (Å²) in [6.07, 6.45) is 2.47. The minimum Gasteiger partial charge on any atom is -0.327 e. The van der Waals surface area contributed by atoms with Gasteiger partial charge in [0.2, 0.25) is 0 Å². The number of rotatable bonds is 1. The van der Waals surface area contributed by atoms with Crippen molar-refractivity contribution in [3.05, 3.63) is 35.4 Å². The molecule has 0 amide bonds. The lowest BCUT2D eigenvalue weighted by atomic mass is 9.80. The molecule has 2 N–H and O–H groups in total. The van der Waals surface area contributed by atoms with Gasteiger partial charge in [-0.25, -0.2) is 4.39 Å². The molecule has 1 unspecified atom stereocenters. The van der Waals surface area contributed by atoms with Gasteiger partial charge in [0.05, 0.1) is 0 Å². The summed E-state index contributed by atoms with van der Waals surface area (Å²) < 4.78 is 14.2. The summed E-state index contributed by atoms with van der Waals surface area (Å²) in [6, 6.07) is 7.70. The highest BCUT2D eigenvalue weighted by molar-refractivity contribution is 5.35. The molecule has 0 aromatic heterocycles.